The number of aromatic nitrogens is 1. The first-order valence-electron chi connectivity index (χ1n) is 10.4. The lowest BCUT2D eigenvalue weighted by molar-refractivity contribution is 0.0929. The van der Waals surface area contributed by atoms with Gasteiger partial charge in [0.25, 0.3) is 0 Å². The molecule has 0 aliphatic rings. The molecule has 0 radical (unpaired) electrons. The highest BCUT2D eigenvalue weighted by molar-refractivity contribution is 9.10. The third-order valence-electron chi connectivity index (χ3n) is 5.69. The van der Waals surface area contributed by atoms with Crippen LogP contribution >= 0.6 is 39.1 Å². The van der Waals surface area contributed by atoms with Crippen LogP contribution in [-0.2, 0) is 6.54 Å². The molecule has 34 heavy (non-hydrogen) atoms. The Bertz CT molecular complexity index is 1590. The van der Waals surface area contributed by atoms with E-state index < -0.39 is 5.91 Å². The number of rotatable bonds is 5. The largest absolute Gasteiger partial charge is 0.451 e. The fourth-order valence-corrected chi connectivity index (χ4v) is 4.83. The maximum absolute atomic E-state index is 12.6. The zero-order valence-corrected chi connectivity index (χ0v) is 21.1. The number of benzene rings is 3. The van der Waals surface area contributed by atoms with Crippen molar-refractivity contribution < 1.29 is 9.21 Å². The molecule has 0 saturated carbocycles. The Morgan fingerprint density at radius 1 is 1.12 bits per heavy atom. The first-order valence-corrected chi connectivity index (χ1v) is 12.0. The van der Waals surface area contributed by atoms with Gasteiger partial charge in [0, 0.05) is 48.6 Å². The van der Waals surface area contributed by atoms with Crippen molar-refractivity contribution in [1.82, 2.24) is 9.99 Å². The standard InChI is InChI=1S/C26H18BrCl2N3O2/c1-15-21(13-30-31-26(33)25-11-17-10-18(27)7-9-24(17)34-25)20-4-2-3-5-23(20)32(15)14-16-6-8-19(28)12-22(16)29/h2-13H,14H2,1H3,(H,31,33)/b30-13+. The predicted molar refractivity (Wildman–Crippen MR) is 141 cm³/mol. The number of furan rings is 1. The van der Waals surface area contributed by atoms with Crippen LogP contribution in [-0.4, -0.2) is 16.7 Å². The average Bonchev–Trinajstić information content (AvgIpc) is 3.35. The van der Waals surface area contributed by atoms with Crippen molar-refractivity contribution in [2.24, 2.45) is 5.10 Å². The summed E-state index contributed by atoms with van der Waals surface area (Å²) in [5.41, 5.74) is 7.12. The quantitative estimate of drug-likeness (QED) is 0.180. The Hall–Kier alpha value is -3.06. The third kappa shape index (κ3) is 4.37. The van der Waals surface area contributed by atoms with Crippen LogP contribution in [0.15, 0.2) is 80.7 Å². The SMILES string of the molecule is Cc1c(/C=N/NC(=O)c2cc3cc(Br)ccc3o2)c2ccccc2n1Cc1ccc(Cl)cc1Cl. The van der Waals surface area contributed by atoms with Gasteiger partial charge in [0.05, 0.1) is 6.21 Å². The fraction of sp³-hybridized carbons (Fsp3) is 0.0769. The van der Waals surface area contributed by atoms with Gasteiger partial charge >= 0.3 is 5.91 Å². The van der Waals surface area contributed by atoms with E-state index in [1.807, 2.05) is 55.5 Å². The van der Waals surface area contributed by atoms with Crippen LogP contribution in [0.4, 0.5) is 0 Å². The summed E-state index contributed by atoms with van der Waals surface area (Å²) in [7, 11) is 0. The number of halogens is 3. The second-order valence-corrected chi connectivity index (χ2v) is 9.59. The van der Waals surface area contributed by atoms with Crippen molar-refractivity contribution in [2.45, 2.75) is 13.5 Å². The molecule has 1 N–H and O–H groups in total. The first-order chi connectivity index (χ1) is 16.4. The van der Waals surface area contributed by atoms with E-state index >= 15 is 0 Å². The maximum atomic E-state index is 12.6. The maximum Gasteiger partial charge on any atom is 0.307 e. The molecule has 5 aromatic rings. The summed E-state index contributed by atoms with van der Waals surface area (Å²) in [6.45, 7) is 2.60. The second-order valence-electron chi connectivity index (χ2n) is 7.83. The molecule has 0 unspecified atom stereocenters. The summed E-state index contributed by atoms with van der Waals surface area (Å²) >= 11 is 15.9. The first kappa shape index (κ1) is 22.7. The predicted octanol–water partition coefficient (Wildman–Crippen LogP) is 7.58. The molecular formula is C26H18BrCl2N3O2. The van der Waals surface area contributed by atoms with Gasteiger partial charge in [0.15, 0.2) is 5.76 Å². The van der Waals surface area contributed by atoms with E-state index in [4.69, 9.17) is 27.6 Å². The van der Waals surface area contributed by atoms with Crippen LogP contribution in [0, 0.1) is 6.92 Å². The third-order valence-corrected chi connectivity index (χ3v) is 6.77. The smallest absolute Gasteiger partial charge is 0.307 e. The topological polar surface area (TPSA) is 59.5 Å². The molecule has 2 heterocycles. The highest BCUT2D eigenvalue weighted by Gasteiger charge is 2.15. The lowest BCUT2D eigenvalue weighted by Gasteiger charge is -2.10. The van der Waals surface area contributed by atoms with Gasteiger partial charge in [-0.05, 0) is 55.0 Å². The van der Waals surface area contributed by atoms with E-state index in [1.54, 1.807) is 18.3 Å². The minimum absolute atomic E-state index is 0.196. The van der Waals surface area contributed by atoms with Gasteiger partial charge in [-0.2, -0.15) is 5.10 Å². The number of nitrogens with one attached hydrogen (secondary N) is 1. The van der Waals surface area contributed by atoms with Gasteiger partial charge in [-0.15, -0.1) is 0 Å². The summed E-state index contributed by atoms with van der Waals surface area (Å²) in [6.07, 6.45) is 1.66. The summed E-state index contributed by atoms with van der Waals surface area (Å²) < 4.78 is 8.72. The lowest BCUT2D eigenvalue weighted by Crippen LogP contribution is -2.16. The summed E-state index contributed by atoms with van der Waals surface area (Å²) in [6, 6.07) is 20.8. The van der Waals surface area contributed by atoms with Crippen molar-refractivity contribution in [2.75, 3.05) is 0 Å². The minimum Gasteiger partial charge on any atom is -0.451 e. The number of hydrogen-bond acceptors (Lipinski definition) is 3. The van der Waals surface area contributed by atoms with E-state index in [-0.39, 0.29) is 5.76 Å². The molecule has 1 amide bonds. The molecule has 8 heteroatoms. The van der Waals surface area contributed by atoms with Gasteiger partial charge in [-0.25, -0.2) is 5.43 Å². The van der Waals surface area contributed by atoms with Gasteiger partial charge in [0.2, 0.25) is 0 Å². The molecule has 2 aromatic heterocycles. The molecule has 0 atom stereocenters. The molecule has 0 spiro atoms. The van der Waals surface area contributed by atoms with Gasteiger partial charge in [-0.3, -0.25) is 4.79 Å². The zero-order valence-electron chi connectivity index (χ0n) is 18.0. The van der Waals surface area contributed by atoms with Gasteiger partial charge in [0.1, 0.15) is 5.58 Å². The van der Waals surface area contributed by atoms with E-state index in [2.05, 4.69) is 37.1 Å². The molecule has 3 aromatic carbocycles. The molecule has 170 valence electrons. The monoisotopic (exact) mass is 553 g/mol. The van der Waals surface area contributed by atoms with E-state index in [9.17, 15) is 4.79 Å². The average molecular weight is 555 g/mol. The Morgan fingerprint density at radius 3 is 2.76 bits per heavy atom. The van der Waals surface area contributed by atoms with Gasteiger partial charge < -0.3 is 8.98 Å². The molecule has 0 aliphatic heterocycles. The summed E-state index contributed by atoms with van der Waals surface area (Å²) in [5.74, 6) is -0.223. The summed E-state index contributed by atoms with van der Waals surface area (Å²) in [5, 5.41) is 7.29. The normalized spacial score (nSPS) is 11.6. The van der Waals surface area contributed by atoms with E-state index in [1.165, 1.54) is 0 Å². The van der Waals surface area contributed by atoms with Crippen LogP contribution in [0.25, 0.3) is 21.9 Å². The van der Waals surface area contributed by atoms with E-state index in [0.29, 0.717) is 22.2 Å². The highest BCUT2D eigenvalue weighted by Crippen LogP contribution is 2.28. The van der Waals surface area contributed by atoms with E-state index in [0.717, 1.165) is 37.6 Å². The Labute approximate surface area is 214 Å². The van der Waals surface area contributed by atoms with Crippen LogP contribution < -0.4 is 5.43 Å². The fourth-order valence-electron chi connectivity index (χ4n) is 3.98. The van der Waals surface area contributed by atoms with Crippen LogP contribution in [0.1, 0.15) is 27.4 Å². The number of hydrazone groups is 1. The second kappa shape index (κ2) is 9.29. The molecule has 5 nitrogen and oxygen atoms in total. The highest BCUT2D eigenvalue weighted by atomic mass is 79.9. The lowest BCUT2D eigenvalue weighted by atomic mass is 10.1. The molecule has 0 saturated heterocycles. The van der Waals surface area contributed by atoms with Crippen molar-refractivity contribution in [3.8, 4) is 0 Å². The Kier molecular flexibility index (Phi) is 6.21. The number of nitrogens with zero attached hydrogens (tertiary/aromatic N) is 2. The summed E-state index contributed by atoms with van der Waals surface area (Å²) in [4.78, 5) is 12.6. The van der Waals surface area contributed by atoms with Crippen molar-refractivity contribution >= 4 is 73.1 Å². The number of amides is 1. The Morgan fingerprint density at radius 2 is 1.94 bits per heavy atom. The Balaban J connectivity index is 1.43. The van der Waals surface area contributed by atoms with Crippen molar-refractivity contribution in [3.05, 3.63) is 104 Å². The minimum atomic E-state index is -0.419. The number of fused-ring (bicyclic) bond motifs is 2. The number of para-hydroxylation sites is 1. The molecule has 0 bridgehead atoms. The molecule has 0 aliphatic carbocycles. The van der Waals surface area contributed by atoms with Gasteiger partial charge in [-0.1, -0.05) is 63.4 Å². The van der Waals surface area contributed by atoms with Crippen LogP contribution in [0.3, 0.4) is 0 Å². The molecule has 0 fully saturated rings. The number of carbonyl (C=O) groups excluding carboxylic acids is 1. The van der Waals surface area contributed by atoms with Crippen LogP contribution in [0.5, 0.6) is 0 Å². The van der Waals surface area contributed by atoms with Crippen molar-refractivity contribution in [3.63, 3.8) is 0 Å². The van der Waals surface area contributed by atoms with Crippen molar-refractivity contribution in [1.29, 1.82) is 0 Å². The molecular weight excluding hydrogens is 537 g/mol. The number of carbonyl (C=O) groups is 1. The zero-order chi connectivity index (χ0) is 23.8. The van der Waals surface area contributed by atoms with Crippen LogP contribution in [0.2, 0.25) is 10.0 Å². The molecule has 5 rings (SSSR count). The number of hydrogen-bond donors (Lipinski definition) is 1.